The summed E-state index contributed by atoms with van der Waals surface area (Å²) in [6, 6.07) is 5.72. The minimum atomic E-state index is -0.267. The van der Waals surface area contributed by atoms with Crippen LogP contribution in [0.15, 0.2) is 24.4 Å². The zero-order chi connectivity index (χ0) is 14.8. The van der Waals surface area contributed by atoms with Crippen LogP contribution in [0.1, 0.15) is 25.5 Å². The molecular formula is C15H26N4O. The molecule has 0 aliphatic rings. The quantitative estimate of drug-likeness (QED) is 0.664. The fourth-order valence-electron chi connectivity index (χ4n) is 1.98. The zero-order valence-corrected chi connectivity index (χ0v) is 12.5. The van der Waals surface area contributed by atoms with E-state index in [9.17, 15) is 4.79 Å². The minimum absolute atomic E-state index is 0.229. The van der Waals surface area contributed by atoms with Crippen LogP contribution in [-0.2, 0) is 11.2 Å². The Balaban J connectivity index is 2.27. The number of primary amides is 1. The van der Waals surface area contributed by atoms with E-state index in [1.54, 1.807) is 0 Å². The number of likely N-dealkylation sites (N-methyl/N-ethyl adjacent to an activating group) is 1. The normalized spacial score (nSPS) is 12.6. The third-order valence-electron chi connectivity index (χ3n) is 3.26. The lowest BCUT2D eigenvalue weighted by Crippen LogP contribution is -2.43. The summed E-state index contributed by atoms with van der Waals surface area (Å²) >= 11 is 0. The van der Waals surface area contributed by atoms with E-state index in [1.807, 2.05) is 24.4 Å². The molecule has 0 saturated carbocycles. The lowest BCUT2D eigenvalue weighted by molar-refractivity contribution is -0.120. The first-order valence-electron chi connectivity index (χ1n) is 7.24. The molecule has 1 unspecified atom stereocenters. The van der Waals surface area contributed by atoms with Crippen molar-refractivity contribution in [2.24, 2.45) is 5.73 Å². The van der Waals surface area contributed by atoms with Gasteiger partial charge in [0, 0.05) is 24.9 Å². The molecule has 0 saturated heterocycles. The van der Waals surface area contributed by atoms with Crippen molar-refractivity contribution >= 4 is 5.91 Å². The van der Waals surface area contributed by atoms with Crippen molar-refractivity contribution in [1.29, 1.82) is 0 Å². The smallest absolute Gasteiger partial charge is 0.234 e. The van der Waals surface area contributed by atoms with Gasteiger partial charge in [0.05, 0.1) is 6.04 Å². The van der Waals surface area contributed by atoms with Crippen molar-refractivity contribution in [3.05, 3.63) is 30.1 Å². The van der Waals surface area contributed by atoms with Gasteiger partial charge in [0.1, 0.15) is 0 Å². The second-order valence-electron chi connectivity index (χ2n) is 5.07. The van der Waals surface area contributed by atoms with Crippen LogP contribution < -0.4 is 11.1 Å². The van der Waals surface area contributed by atoms with E-state index < -0.39 is 0 Å². The highest BCUT2D eigenvalue weighted by atomic mass is 16.1. The molecule has 0 aromatic carbocycles. The maximum Gasteiger partial charge on any atom is 0.234 e. The first-order valence-corrected chi connectivity index (χ1v) is 7.24. The summed E-state index contributed by atoms with van der Waals surface area (Å²) < 4.78 is 0. The molecule has 0 aliphatic heterocycles. The highest BCUT2D eigenvalue weighted by Crippen LogP contribution is 1.99. The Kier molecular flexibility index (Phi) is 7.84. The monoisotopic (exact) mass is 278 g/mol. The van der Waals surface area contributed by atoms with Crippen molar-refractivity contribution in [1.82, 2.24) is 15.2 Å². The van der Waals surface area contributed by atoms with Gasteiger partial charge in [-0.25, -0.2) is 0 Å². The van der Waals surface area contributed by atoms with E-state index in [2.05, 4.69) is 29.2 Å². The van der Waals surface area contributed by atoms with Crippen molar-refractivity contribution in [2.75, 3.05) is 26.7 Å². The molecule has 1 rings (SSSR count). The van der Waals surface area contributed by atoms with Crippen LogP contribution in [0.25, 0.3) is 0 Å². The van der Waals surface area contributed by atoms with Crippen molar-refractivity contribution < 1.29 is 4.79 Å². The number of hydrogen-bond donors (Lipinski definition) is 2. The Morgan fingerprint density at radius 3 is 2.85 bits per heavy atom. The van der Waals surface area contributed by atoms with Gasteiger partial charge in [-0.1, -0.05) is 13.0 Å². The number of carbonyl (C=O) groups is 1. The van der Waals surface area contributed by atoms with E-state index in [-0.39, 0.29) is 11.9 Å². The van der Waals surface area contributed by atoms with Gasteiger partial charge in [0.2, 0.25) is 5.91 Å². The molecule has 5 heteroatoms. The molecule has 1 atom stereocenters. The van der Waals surface area contributed by atoms with Crippen molar-refractivity contribution in [3.8, 4) is 0 Å². The number of rotatable bonds is 10. The van der Waals surface area contributed by atoms with E-state index in [0.717, 1.165) is 44.6 Å². The summed E-state index contributed by atoms with van der Waals surface area (Å²) in [6.07, 6.45) is 4.47. The molecule has 0 radical (unpaired) electrons. The van der Waals surface area contributed by atoms with Crippen LogP contribution in [0.4, 0.5) is 0 Å². The van der Waals surface area contributed by atoms with Crippen LogP contribution in [0.5, 0.6) is 0 Å². The maximum atomic E-state index is 11.3. The minimum Gasteiger partial charge on any atom is -0.368 e. The fourth-order valence-corrected chi connectivity index (χ4v) is 1.98. The van der Waals surface area contributed by atoms with Gasteiger partial charge in [-0.2, -0.15) is 0 Å². The highest BCUT2D eigenvalue weighted by molar-refractivity contribution is 5.79. The van der Waals surface area contributed by atoms with E-state index >= 15 is 0 Å². The molecular weight excluding hydrogens is 252 g/mol. The lowest BCUT2D eigenvalue weighted by atomic mass is 10.1. The van der Waals surface area contributed by atoms with Gasteiger partial charge in [-0.15, -0.1) is 0 Å². The van der Waals surface area contributed by atoms with Crippen LogP contribution in [-0.4, -0.2) is 48.5 Å². The molecule has 1 heterocycles. The number of aromatic nitrogens is 1. The predicted octanol–water partition coefficient (Wildman–Crippen LogP) is 0.800. The third kappa shape index (κ3) is 6.63. The van der Waals surface area contributed by atoms with Gasteiger partial charge in [-0.3, -0.25) is 9.78 Å². The van der Waals surface area contributed by atoms with Crippen molar-refractivity contribution in [2.45, 2.75) is 32.2 Å². The topological polar surface area (TPSA) is 71.2 Å². The van der Waals surface area contributed by atoms with Gasteiger partial charge in [-0.05, 0) is 45.1 Å². The molecule has 1 aromatic heterocycles. The van der Waals surface area contributed by atoms with E-state index in [4.69, 9.17) is 5.73 Å². The zero-order valence-electron chi connectivity index (χ0n) is 12.5. The Labute approximate surface area is 121 Å². The summed E-state index contributed by atoms with van der Waals surface area (Å²) in [5, 5.41) is 3.18. The molecule has 0 bridgehead atoms. The highest BCUT2D eigenvalue weighted by Gasteiger charge is 2.14. The lowest BCUT2D eigenvalue weighted by Gasteiger charge is -2.20. The molecule has 3 N–H and O–H groups in total. The molecule has 0 aliphatic carbocycles. The largest absolute Gasteiger partial charge is 0.368 e. The molecule has 0 fully saturated rings. The van der Waals surface area contributed by atoms with E-state index in [0.29, 0.717) is 0 Å². The van der Waals surface area contributed by atoms with Gasteiger partial charge in [0.15, 0.2) is 0 Å². The number of carbonyl (C=O) groups excluding carboxylic acids is 1. The number of pyridine rings is 1. The molecule has 5 nitrogen and oxygen atoms in total. The molecule has 1 aromatic rings. The SMILES string of the molecule is CCCNC(CCN(C)CCc1ccccn1)C(N)=O. The summed E-state index contributed by atoms with van der Waals surface area (Å²) in [7, 11) is 2.06. The van der Waals surface area contributed by atoms with Crippen molar-refractivity contribution in [3.63, 3.8) is 0 Å². The fraction of sp³-hybridized carbons (Fsp3) is 0.600. The van der Waals surface area contributed by atoms with Crippen LogP contribution in [0.3, 0.4) is 0 Å². The Hall–Kier alpha value is -1.46. The van der Waals surface area contributed by atoms with Gasteiger partial charge in [0.25, 0.3) is 0 Å². The molecule has 112 valence electrons. The molecule has 1 amide bonds. The third-order valence-corrected chi connectivity index (χ3v) is 3.26. The Bertz CT molecular complexity index is 383. The average molecular weight is 278 g/mol. The number of nitrogens with two attached hydrogens (primary N) is 1. The summed E-state index contributed by atoms with van der Waals surface area (Å²) in [5.74, 6) is -0.267. The number of nitrogens with zero attached hydrogens (tertiary/aromatic N) is 2. The van der Waals surface area contributed by atoms with E-state index in [1.165, 1.54) is 0 Å². The Morgan fingerprint density at radius 2 is 2.25 bits per heavy atom. The van der Waals surface area contributed by atoms with Gasteiger partial charge < -0.3 is 16.0 Å². The number of nitrogens with one attached hydrogen (secondary N) is 1. The maximum absolute atomic E-state index is 11.3. The number of amides is 1. The molecule has 20 heavy (non-hydrogen) atoms. The second kappa shape index (κ2) is 9.44. The summed E-state index contributed by atoms with van der Waals surface area (Å²) in [4.78, 5) is 17.8. The van der Waals surface area contributed by atoms with Crippen LogP contribution in [0, 0.1) is 0 Å². The van der Waals surface area contributed by atoms with Crippen LogP contribution >= 0.6 is 0 Å². The van der Waals surface area contributed by atoms with Crippen LogP contribution in [0.2, 0.25) is 0 Å². The second-order valence-corrected chi connectivity index (χ2v) is 5.07. The first-order chi connectivity index (χ1) is 9.63. The first kappa shape index (κ1) is 16.6. The average Bonchev–Trinajstić information content (AvgIpc) is 2.46. The summed E-state index contributed by atoms with van der Waals surface area (Å²) in [6.45, 7) is 4.67. The Morgan fingerprint density at radius 1 is 1.45 bits per heavy atom. The predicted molar refractivity (Wildman–Crippen MR) is 81.3 cm³/mol. The standard InChI is InChI=1S/C15H26N4O/c1-3-9-18-14(15(16)20)8-12-19(2)11-7-13-6-4-5-10-17-13/h4-6,10,14,18H,3,7-9,11-12H2,1-2H3,(H2,16,20). The molecule has 0 spiro atoms. The van der Waals surface area contributed by atoms with Gasteiger partial charge >= 0.3 is 0 Å². The summed E-state index contributed by atoms with van der Waals surface area (Å²) in [5.41, 5.74) is 6.49. The number of hydrogen-bond acceptors (Lipinski definition) is 4.